The normalized spacial score (nSPS) is 14.6. The van der Waals surface area contributed by atoms with Crippen LogP contribution >= 0.6 is 23.4 Å². The Morgan fingerprint density at radius 1 is 1.60 bits per heavy atom. The molecule has 0 aliphatic heterocycles. The minimum atomic E-state index is -0.796. The number of benzene rings is 1. The number of hydrogen-bond donors (Lipinski definition) is 1. The topological polar surface area (TPSA) is 37.3 Å². The molecule has 0 aromatic heterocycles. The Bertz CT molecular complexity index is 367. The lowest BCUT2D eigenvalue weighted by Crippen LogP contribution is -2.30. The molecule has 1 rings (SSSR count). The van der Waals surface area contributed by atoms with E-state index in [4.69, 9.17) is 16.7 Å². The highest BCUT2D eigenvalue weighted by atomic mass is 35.5. The molecule has 1 atom stereocenters. The molecule has 1 N–H and O–H groups in total. The largest absolute Gasteiger partial charge is 0.480 e. The Hall–Kier alpha value is -0.670. The fraction of sp³-hybridized carbons (Fsp3) is 0.364. The number of halogens is 1. The summed E-state index contributed by atoms with van der Waals surface area (Å²) in [5.41, 5.74) is 0. The molecule has 0 aliphatic carbocycles. The Morgan fingerprint density at radius 2 is 2.27 bits per heavy atom. The highest BCUT2D eigenvalue weighted by Crippen LogP contribution is 2.36. The highest BCUT2D eigenvalue weighted by Gasteiger charge is 2.32. The number of aliphatic carboxylic acids is 1. The molecule has 0 saturated carbocycles. The van der Waals surface area contributed by atoms with Gasteiger partial charge in [-0.05, 0) is 31.5 Å². The predicted octanol–water partition coefficient (Wildman–Crippen LogP) is 3.69. The van der Waals surface area contributed by atoms with Gasteiger partial charge in [0.05, 0.1) is 0 Å². The number of carboxylic acid groups (broad SMARTS) is 1. The summed E-state index contributed by atoms with van der Waals surface area (Å²) in [5.74, 6) is -0.796. The van der Waals surface area contributed by atoms with Crippen LogP contribution in [-0.2, 0) is 4.79 Å². The quantitative estimate of drug-likeness (QED) is 0.821. The fourth-order valence-corrected chi connectivity index (χ4v) is 2.40. The van der Waals surface area contributed by atoms with Gasteiger partial charge in [-0.3, -0.25) is 4.79 Å². The molecule has 1 aromatic carbocycles. The first-order valence-electron chi connectivity index (χ1n) is 4.66. The van der Waals surface area contributed by atoms with Gasteiger partial charge in [0.1, 0.15) is 4.75 Å². The molecule has 2 nitrogen and oxygen atoms in total. The minimum Gasteiger partial charge on any atom is -0.480 e. The summed E-state index contributed by atoms with van der Waals surface area (Å²) in [5, 5.41) is 9.74. The van der Waals surface area contributed by atoms with Crippen LogP contribution in [0.1, 0.15) is 20.3 Å². The number of carbonyl (C=O) groups is 1. The molecule has 0 spiro atoms. The minimum absolute atomic E-state index is 0.569. The maximum absolute atomic E-state index is 11.1. The van der Waals surface area contributed by atoms with Crippen molar-refractivity contribution in [3.8, 4) is 0 Å². The Labute approximate surface area is 98.6 Å². The molecule has 0 saturated heterocycles. The summed E-state index contributed by atoms with van der Waals surface area (Å²) in [6, 6.07) is 7.24. The van der Waals surface area contributed by atoms with Crippen molar-refractivity contribution in [2.45, 2.75) is 29.9 Å². The van der Waals surface area contributed by atoms with Crippen LogP contribution < -0.4 is 0 Å². The van der Waals surface area contributed by atoms with Crippen molar-refractivity contribution in [3.63, 3.8) is 0 Å². The van der Waals surface area contributed by atoms with Crippen molar-refractivity contribution in [2.75, 3.05) is 0 Å². The van der Waals surface area contributed by atoms with Crippen LogP contribution in [0.25, 0.3) is 0 Å². The summed E-state index contributed by atoms with van der Waals surface area (Å²) in [4.78, 5) is 12.0. The summed E-state index contributed by atoms with van der Waals surface area (Å²) >= 11 is 7.17. The maximum Gasteiger partial charge on any atom is 0.319 e. The first kappa shape index (κ1) is 12.4. The van der Waals surface area contributed by atoms with E-state index in [1.807, 2.05) is 19.1 Å². The zero-order chi connectivity index (χ0) is 11.5. The molecular weight excluding hydrogens is 232 g/mol. The second-order valence-electron chi connectivity index (χ2n) is 3.45. The van der Waals surface area contributed by atoms with E-state index in [0.29, 0.717) is 11.4 Å². The monoisotopic (exact) mass is 244 g/mol. The van der Waals surface area contributed by atoms with Crippen molar-refractivity contribution in [1.82, 2.24) is 0 Å². The molecule has 1 unspecified atom stereocenters. The van der Waals surface area contributed by atoms with Crippen LogP contribution in [0.15, 0.2) is 29.2 Å². The zero-order valence-electron chi connectivity index (χ0n) is 8.66. The van der Waals surface area contributed by atoms with Crippen LogP contribution in [0.3, 0.4) is 0 Å². The van der Waals surface area contributed by atoms with Crippen molar-refractivity contribution in [2.24, 2.45) is 0 Å². The van der Waals surface area contributed by atoms with Crippen LogP contribution in [0.2, 0.25) is 5.02 Å². The number of hydrogen-bond acceptors (Lipinski definition) is 2. The van der Waals surface area contributed by atoms with E-state index in [0.717, 1.165) is 4.90 Å². The van der Waals surface area contributed by atoms with E-state index < -0.39 is 10.7 Å². The molecule has 4 heteroatoms. The Kier molecular flexibility index (Phi) is 4.05. The molecule has 0 heterocycles. The third-order valence-corrected chi connectivity index (χ3v) is 3.90. The van der Waals surface area contributed by atoms with Crippen molar-refractivity contribution in [1.29, 1.82) is 0 Å². The summed E-state index contributed by atoms with van der Waals surface area (Å²) in [7, 11) is 0. The first-order chi connectivity index (χ1) is 6.98. The van der Waals surface area contributed by atoms with Crippen molar-refractivity contribution in [3.05, 3.63) is 29.3 Å². The van der Waals surface area contributed by atoms with Gasteiger partial charge in [-0.2, -0.15) is 0 Å². The standard InChI is InChI=1S/C11H13ClO2S/c1-3-11(2,10(13)14)15-9-6-4-5-8(12)7-9/h4-7H,3H2,1-2H3,(H,13,14). The molecule has 0 amide bonds. The van der Waals surface area contributed by atoms with Gasteiger partial charge in [0, 0.05) is 9.92 Å². The maximum atomic E-state index is 11.1. The van der Waals surface area contributed by atoms with Gasteiger partial charge in [-0.25, -0.2) is 0 Å². The van der Waals surface area contributed by atoms with E-state index in [1.165, 1.54) is 11.8 Å². The SMILES string of the molecule is CCC(C)(Sc1cccc(Cl)c1)C(=O)O. The van der Waals surface area contributed by atoms with Crippen molar-refractivity contribution < 1.29 is 9.90 Å². The fourth-order valence-electron chi connectivity index (χ4n) is 1.06. The third-order valence-electron chi connectivity index (χ3n) is 2.27. The zero-order valence-corrected chi connectivity index (χ0v) is 10.2. The number of rotatable bonds is 4. The first-order valence-corrected chi connectivity index (χ1v) is 5.85. The summed E-state index contributed by atoms with van der Waals surface area (Å²) in [6.07, 6.45) is 0.569. The van der Waals surface area contributed by atoms with Crippen LogP contribution in [0.4, 0.5) is 0 Å². The number of carboxylic acids is 1. The Morgan fingerprint density at radius 3 is 2.73 bits per heavy atom. The number of thioether (sulfide) groups is 1. The third kappa shape index (κ3) is 3.14. The van der Waals surface area contributed by atoms with E-state index in [1.54, 1.807) is 19.1 Å². The average molecular weight is 245 g/mol. The molecule has 1 aromatic rings. The van der Waals surface area contributed by atoms with Gasteiger partial charge in [-0.15, -0.1) is 11.8 Å². The van der Waals surface area contributed by atoms with Gasteiger partial charge in [0.15, 0.2) is 0 Å². The van der Waals surface area contributed by atoms with Gasteiger partial charge in [0.2, 0.25) is 0 Å². The summed E-state index contributed by atoms with van der Waals surface area (Å²) < 4.78 is -0.787. The molecule has 0 aliphatic rings. The predicted molar refractivity (Wildman–Crippen MR) is 63.6 cm³/mol. The second kappa shape index (κ2) is 4.90. The molecule has 82 valence electrons. The van der Waals surface area contributed by atoms with E-state index in [9.17, 15) is 4.79 Å². The van der Waals surface area contributed by atoms with Crippen molar-refractivity contribution >= 4 is 29.3 Å². The van der Waals surface area contributed by atoms with E-state index in [-0.39, 0.29) is 0 Å². The lowest BCUT2D eigenvalue weighted by atomic mass is 10.1. The van der Waals surface area contributed by atoms with Gasteiger partial charge in [0.25, 0.3) is 0 Å². The molecule has 0 fully saturated rings. The van der Waals surface area contributed by atoms with E-state index in [2.05, 4.69) is 0 Å². The van der Waals surface area contributed by atoms with Gasteiger partial charge >= 0.3 is 5.97 Å². The lowest BCUT2D eigenvalue weighted by Gasteiger charge is -2.22. The lowest BCUT2D eigenvalue weighted by molar-refractivity contribution is -0.139. The highest BCUT2D eigenvalue weighted by molar-refractivity contribution is 8.01. The van der Waals surface area contributed by atoms with Crippen LogP contribution in [0, 0.1) is 0 Å². The van der Waals surface area contributed by atoms with Gasteiger partial charge < -0.3 is 5.11 Å². The average Bonchev–Trinajstić information content (AvgIpc) is 2.17. The molecular formula is C11H13ClO2S. The molecule has 15 heavy (non-hydrogen) atoms. The van der Waals surface area contributed by atoms with Crippen LogP contribution in [0.5, 0.6) is 0 Å². The second-order valence-corrected chi connectivity index (χ2v) is 5.46. The molecule has 0 radical (unpaired) electrons. The molecule has 0 bridgehead atoms. The summed E-state index contributed by atoms with van der Waals surface area (Å²) in [6.45, 7) is 3.59. The van der Waals surface area contributed by atoms with Crippen LogP contribution in [-0.4, -0.2) is 15.8 Å². The smallest absolute Gasteiger partial charge is 0.319 e. The van der Waals surface area contributed by atoms with Gasteiger partial charge in [-0.1, -0.05) is 24.6 Å². The Balaban J connectivity index is 2.89. The van der Waals surface area contributed by atoms with E-state index >= 15 is 0 Å².